The normalized spacial score (nSPS) is 14.3. The molecule has 0 aromatic heterocycles. The average Bonchev–Trinajstić information content (AvgIpc) is 2.67. The first-order valence-corrected chi connectivity index (χ1v) is 8.10. The molecule has 1 saturated heterocycles. The summed E-state index contributed by atoms with van der Waals surface area (Å²) in [4.78, 5) is 14.5. The van der Waals surface area contributed by atoms with Gasteiger partial charge in [0.1, 0.15) is 5.75 Å². The summed E-state index contributed by atoms with van der Waals surface area (Å²) in [6.45, 7) is 3.91. The number of carbonyl (C=O) groups is 1. The van der Waals surface area contributed by atoms with Gasteiger partial charge in [-0.25, -0.2) is 0 Å². The zero-order valence-corrected chi connectivity index (χ0v) is 13.8. The molecule has 5 heteroatoms. The van der Waals surface area contributed by atoms with Crippen LogP contribution in [0.25, 0.3) is 0 Å². The lowest BCUT2D eigenvalue weighted by Crippen LogP contribution is -2.36. The third kappa shape index (κ3) is 4.06. The van der Waals surface area contributed by atoms with Crippen LogP contribution in [0.5, 0.6) is 5.75 Å². The summed E-state index contributed by atoms with van der Waals surface area (Å²) in [5.74, 6) is 0.653. The molecule has 0 atom stereocenters. The van der Waals surface area contributed by atoms with Crippen LogP contribution in [0.4, 0.5) is 5.69 Å². The van der Waals surface area contributed by atoms with E-state index < -0.39 is 0 Å². The van der Waals surface area contributed by atoms with Crippen molar-refractivity contribution in [1.82, 2.24) is 5.32 Å². The highest BCUT2D eigenvalue weighted by Gasteiger charge is 2.11. The van der Waals surface area contributed by atoms with Gasteiger partial charge in [0.05, 0.1) is 20.3 Å². The lowest BCUT2D eigenvalue weighted by atomic mass is 10.1. The summed E-state index contributed by atoms with van der Waals surface area (Å²) < 4.78 is 10.5. The second-order valence-electron chi connectivity index (χ2n) is 5.68. The molecular formula is C19H22N2O3. The first kappa shape index (κ1) is 16.3. The predicted octanol–water partition coefficient (Wildman–Crippen LogP) is 2.46. The first-order valence-electron chi connectivity index (χ1n) is 8.10. The lowest BCUT2D eigenvalue weighted by molar-refractivity contribution is 0.0951. The topological polar surface area (TPSA) is 50.8 Å². The lowest BCUT2D eigenvalue weighted by Gasteiger charge is -2.28. The number of carbonyl (C=O) groups excluding carboxylic acids is 1. The number of anilines is 1. The van der Waals surface area contributed by atoms with Crippen molar-refractivity contribution in [2.75, 3.05) is 38.3 Å². The van der Waals surface area contributed by atoms with Crippen molar-refractivity contribution >= 4 is 11.6 Å². The molecule has 5 nitrogen and oxygen atoms in total. The van der Waals surface area contributed by atoms with E-state index in [9.17, 15) is 4.79 Å². The van der Waals surface area contributed by atoms with Gasteiger partial charge in [0.25, 0.3) is 5.91 Å². The van der Waals surface area contributed by atoms with Gasteiger partial charge in [0, 0.05) is 30.9 Å². The summed E-state index contributed by atoms with van der Waals surface area (Å²) in [5.41, 5.74) is 2.90. The Bertz CT molecular complexity index is 662. The maximum atomic E-state index is 12.2. The Hall–Kier alpha value is -2.53. The second kappa shape index (κ2) is 7.84. The molecule has 3 rings (SSSR count). The van der Waals surface area contributed by atoms with Crippen molar-refractivity contribution in [3.05, 3.63) is 59.7 Å². The molecule has 1 N–H and O–H groups in total. The van der Waals surface area contributed by atoms with Gasteiger partial charge in [-0.3, -0.25) is 4.79 Å². The fraction of sp³-hybridized carbons (Fsp3) is 0.316. The molecule has 0 saturated carbocycles. The Kier molecular flexibility index (Phi) is 5.33. The minimum absolute atomic E-state index is 0.0880. The minimum Gasteiger partial charge on any atom is -0.497 e. The zero-order valence-electron chi connectivity index (χ0n) is 13.8. The van der Waals surface area contributed by atoms with Gasteiger partial charge in [-0.1, -0.05) is 12.1 Å². The number of methoxy groups -OCH3 is 1. The van der Waals surface area contributed by atoms with Crippen molar-refractivity contribution in [2.24, 2.45) is 0 Å². The number of rotatable bonds is 5. The van der Waals surface area contributed by atoms with Crippen LogP contribution in [0, 0.1) is 0 Å². The molecule has 24 heavy (non-hydrogen) atoms. The standard InChI is InChI=1S/C19H22N2O3/c1-23-18-8-4-16(5-9-18)19(22)20-14-15-2-6-17(7-3-15)21-10-12-24-13-11-21/h2-9H,10-14H2,1H3,(H,20,22). The average molecular weight is 326 g/mol. The molecule has 1 heterocycles. The van der Waals surface area contributed by atoms with Crippen LogP contribution in [-0.4, -0.2) is 39.3 Å². The number of hydrogen-bond acceptors (Lipinski definition) is 4. The summed E-state index contributed by atoms with van der Waals surface area (Å²) >= 11 is 0. The third-order valence-corrected chi connectivity index (χ3v) is 4.12. The number of amides is 1. The second-order valence-corrected chi connectivity index (χ2v) is 5.68. The molecule has 1 fully saturated rings. The van der Waals surface area contributed by atoms with Crippen LogP contribution in [0.2, 0.25) is 0 Å². The number of benzene rings is 2. The molecular weight excluding hydrogens is 304 g/mol. The smallest absolute Gasteiger partial charge is 0.251 e. The fourth-order valence-electron chi connectivity index (χ4n) is 2.67. The molecule has 0 unspecified atom stereocenters. The fourth-order valence-corrected chi connectivity index (χ4v) is 2.67. The quantitative estimate of drug-likeness (QED) is 0.917. The molecule has 1 aliphatic rings. The van der Waals surface area contributed by atoms with E-state index in [4.69, 9.17) is 9.47 Å². The number of hydrogen-bond donors (Lipinski definition) is 1. The van der Waals surface area contributed by atoms with Crippen LogP contribution in [-0.2, 0) is 11.3 Å². The Morgan fingerprint density at radius 1 is 1.08 bits per heavy atom. The van der Waals surface area contributed by atoms with E-state index >= 15 is 0 Å². The Labute approximate surface area is 142 Å². The van der Waals surface area contributed by atoms with Gasteiger partial charge in [-0.05, 0) is 42.0 Å². The third-order valence-electron chi connectivity index (χ3n) is 4.12. The molecule has 0 radical (unpaired) electrons. The van der Waals surface area contributed by atoms with Gasteiger partial charge in [0.15, 0.2) is 0 Å². The monoisotopic (exact) mass is 326 g/mol. The Balaban J connectivity index is 1.54. The highest BCUT2D eigenvalue weighted by molar-refractivity contribution is 5.94. The number of nitrogens with one attached hydrogen (secondary N) is 1. The summed E-state index contributed by atoms with van der Waals surface area (Å²) in [7, 11) is 1.61. The van der Waals surface area contributed by atoms with Gasteiger partial charge in [-0.2, -0.15) is 0 Å². The van der Waals surface area contributed by atoms with E-state index in [1.54, 1.807) is 31.4 Å². The maximum absolute atomic E-state index is 12.2. The molecule has 0 bridgehead atoms. The van der Waals surface area contributed by atoms with E-state index in [1.165, 1.54) is 5.69 Å². The van der Waals surface area contributed by atoms with Crippen LogP contribution in [0.3, 0.4) is 0 Å². The van der Waals surface area contributed by atoms with Gasteiger partial charge in [-0.15, -0.1) is 0 Å². The highest BCUT2D eigenvalue weighted by atomic mass is 16.5. The van der Waals surface area contributed by atoms with Gasteiger partial charge < -0.3 is 19.7 Å². The van der Waals surface area contributed by atoms with Crippen LogP contribution >= 0.6 is 0 Å². The minimum atomic E-state index is -0.0880. The molecule has 126 valence electrons. The van der Waals surface area contributed by atoms with Crippen LogP contribution in [0.15, 0.2) is 48.5 Å². The first-order chi connectivity index (χ1) is 11.8. The zero-order chi connectivity index (χ0) is 16.8. The van der Waals surface area contributed by atoms with Crippen molar-refractivity contribution in [1.29, 1.82) is 0 Å². The summed E-state index contributed by atoms with van der Waals surface area (Å²) in [6.07, 6.45) is 0. The van der Waals surface area contributed by atoms with E-state index in [1.807, 2.05) is 0 Å². The molecule has 2 aromatic rings. The predicted molar refractivity (Wildman–Crippen MR) is 93.6 cm³/mol. The molecule has 0 spiro atoms. The largest absolute Gasteiger partial charge is 0.497 e. The van der Waals surface area contributed by atoms with Crippen LogP contribution < -0.4 is 15.0 Å². The Morgan fingerprint density at radius 2 is 1.75 bits per heavy atom. The highest BCUT2D eigenvalue weighted by Crippen LogP contribution is 2.17. The SMILES string of the molecule is COc1ccc(C(=O)NCc2ccc(N3CCOCC3)cc2)cc1. The van der Waals surface area contributed by atoms with E-state index in [0.29, 0.717) is 12.1 Å². The van der Waals surface area contributed by atoms with Crippen molar-refractivity contribution in [2.45, 2.75) is 6.54 Å². The van der Waals surface area contributed by atoms with Gasteiger partial charge >= 0.3 is 0 Å². The summed E-state index contributed by atoms with van der Waals surface area (Å²) in [5, 5.41) is 2.94. The van der Waals surface area contributed by atoms with Crippen molar-refractivity contribution in [3.8, 4) is 5.75 Å². The molecule has 2 aromatic carbocycles. The molecule has 1 amide bonds. The Morgan fingerprint density at radius 3 is 2.38 bits per heavy atom. The molecule has 1 aliphatic heterocycles. The van der Waals surface area contributed by atoms with E-state index in [-0.39, 0.29) is 5.91 Å². The van der Waals surface area contributed by atoms with Crippen molar-refractivity contribution < 1.29 is 14.3 Å². The number of morpholine rings is 1. The number of nitrogens with zero attached hydrogens (tertiary/aromatic N) is 1. The van der Waals surface area contributed by atoms with Crippen LogP contribution in [0.1, 0.15) is 15.9 Å². The van der Waals surface area contributed by atoms with E-state index in [2.05, 4.69) is 34.5 Å². The molecule has 0 aliphatic carbocycles. The maximum Gasteiger partial charge on any atom is 0.251 e. The van der Waals surface area contributed by atoms with Gasteiger partial charge in [0.2, 0.25) is 0 Å². The summed E-state index contributed by atoms with van der Waals surface area (Å²) in [6, 6.07) is 15.4. The van der Waals surface area contributed by atoms with E-state index in [0.717, 1.165) is 37.6 Å². The van der Waals surface area contributed by atoms with Crippen molar-refractivity contribution in [3.63, 3.8) is 0 Å². The number of ether oxygens (including phenoxy) is 2.